The number of rotatable bonds is 3. The second kappa shape index (κ2) is 3.90. The Bertz CT molecular complexity index is 442. The molecule has 2 aromatic heterocycles. The van der Waals surface area contributed by atoms with Crippen LogP contribution in [0.4, 0.5) is 0 Å². The molecule has 0 radical (unpaired) electrons. The number of hydrogen-bond acceptors (Lipinski definition) is 2. The monoisotopic (exact) mass is 205 g/mol. The van der Waals surface area contributed by atoms with Gasteiger partial charge in [-0.25, -0.2) is 4.98 Å². The number of aromatic nitrogens is 3. The van der Waals surface area contributed by atoms with Crippen LogP contribution >= 0.6 is 0 Å². The van der Waals surface area contributed by atoms with Crippen LogP contribution in [0.2, 0.25) is 0 Å². The molecule has 0 aliphatic rings. The van der Waals surface area contributed by atoms with Gasteiger partial charge in [0.1, 0.15) is 5.82 Å². The van der Waals surface area contributed by atoms with Crippen molar-refractivity contribution in [1.82, 2.24) is 14.1 Å². The third-order valence-electron chi connectivity index (χ3n) is 2.53. The molecule has 15 heavy (non-hydrogen) atoms. The quantitative estimate of drug-likeness (QED) is 0.821. The standard InChI is InChI=1S/C11H15N3O/c1-9(15)10-4-3-6-14(10)8-11-12-5-7-13(11)2/h3-7,9,15H,8H2,1-2H3. The summed E-state index contributed by atoms with van der Waals surface area (Å²) in [5.74, 6) is 0.980. The van der Waals surface area contributed by atoms with E-state index in [0.29, 0.717) is 6.54 Å². The molecule has 0 amide bonds. The highest BCUT2D eigenvalue weighted by Crippen LogP contribution is 2.14. The molecular formula is C11H15N3O. The van der Waals surface area contributed by atoms with Crippen molar-refractivity contribution < 1.29 is 5.11 Å². The first-order chi connectivity index (χ1) is 7.18. The predicted octanol–water partition coefficient (Wildman–Crippen LogP) is 1.32. The van der Waals surface area contributed by atoms with Gasteiger partial charge in [0.15, 0.2) is 0 Å². The molecule has 1 N–H and O–H groups in total. The van der Waals surface area contributed by atoms with Gasteiger partial charge in [-0.1, -0.05) is 0 Å². The number of nitrogens with zero attached hydrogens (tertiary/aromatic N) is 3. The first-order valence-corrected chi connectivity index (χ1v) is 4.98. The minimum Gasteiger partial charge on any atom is -0.387 e. The largest absolute Gasteiger partial charge is 0.387 e. The lowest BCUT2D eigenvalue weighted by Gasteiger charge is -2.10. The van der Waals surface area contributed by atoms with E-state index in [2.05, 4.69) is 4.98 Å². The van der Waals surface area contributed by atoms with Gasteiger partial charge in [-0.3, -0.25) is 0 Å². The fraction of sp³-hybridized carbons (Fsp3) is 0.364. The van der Waals surface area contributed by atoms with Crippen LogP contribution in [0.1, 0.15) is 24.5 Å². The molecule has 0 saturated carbocycles. The molecule has 1 unspecified atom stereocenters. The average molecular weight is 205 g/mol. The summed E-state index contributed by atoms with van der Waals surface area (Å²) < 4.78 is 3.98. The van der Waals surface area contributed by atoms with E-state index in [1.807, 2.05) is 40.7 Å². The summed E-state index contributed by atoms with van der Waals surface area (Å²) in [5.41, 5.74) is 0.915. The molecule has 2 rings (SSSR count). The van der Waals surface area contributed by atoms with Gasteiger partial charge in [0, 0.05) is 31.3 Å². The summed E-state index contributed by atoms with van der Waals surface area (Å²) in [6.07, 6.45) is 5.21. The molecule has 0 fully saturated rings. The molecule has 4 nitrogen and oxygen atoms in total. The van der Waals surface area contributed by atoms with Crippen LogP contribution in [0.25, 0.3) is 0 Å². The van der Waals surface area contributed by atoms with Gasteiger partial charge in [0.2, 0.25) is 0 Å². The van der Waals surface area contributed by atoms with Crippen LogP contribution in [0.5, 0.6) is 0 Å². The summed E-state index contributed by atoms with van der Waals surface area (Å²) in [5, 5.41) is 9.54. The highest BCUT2D eigenvalue weighted by atomic mass is 16.3. The van der Waals surface area contributed by atoms with Crippen LogP contribution in [0.3, 0.4) is 0 Å². The van der Waals surface area contributed by atoms with E-state index in [1.54, 1.807) is 13.1 Å². The van der Waals surface area contributed by atoms with Gasteiger partial charge in [0.05, 0.1) is 12.6 Å². The Kier molecular flexibility index (Phi) is 2.60. The average Bonchev–Trinajstić information content (AvgIpc) is 2.77. The van der Waals surface area contributed by atoms with E-state index in [9.17, 15) is 5.11 Å². The van der Waals surface area contributed by atoms with Crippen molar-refractivity contribution in [2.75, 3.05) is 0 Å². The molecule has 0 spiro atoms. The van der Waals surface area contributed by atoms with E-state index in [4.69, 9.17) is 0 Å². The molecule has 0 aliphatic carbocycles. The highest BCUT2D eigenvalue weighted by Gasteiger charge is 2.08. The number of hydrogen-bond donors (Lipinski definition) is 1. The Morgan fingerprint density at radius 1 is 1.47 bits per heavy atom. The smallest absolute Gasteiger partial charge is 0.128 e. The van der Waals surface area contributed by atoms with Gasteiger partial charge < -0.3 is 14.2 Å². The van der Waals surface area contributed by atoms with E-state index >= 15 is 0 Å². The van der Waals surface area contributed by atoms with Crippen molar-refractivity contribution in [3.8, 4) is 0 Å². The van der Waals surface area contributed by atoms with Crippen molar-refractivity contribution in [2.24, 2.45) is 7.05 Å². The predicted molar refractivity (Wildman–Crippen MR) is 57.4 cm³/mol. The van der Waals surface area contributed by atoms with Crippen LogP contribution < -0.4 is 0 Å². The topological polar surface area (TPSA) is 43.0 Å². The van der Waals surface area contributed by atoms with Crippen LogP contribution in [0.15, 0.2) is 30.7 Å². The van der Waals surface area contributed by atoms with Crippen molar-refractivity contribution in [1.29, 1.82) is 0 Å². The summed E-state index contributed by atoms with van der Waals surface area (Å²) in [6.45, 7) is 2.46. The second-order valence-electron chi connectivity index (χ2n) is 3.69. The fourth-order valence-electron chi connectivity index (χ4n) is 1.65. The molecule has 80 valence electrons. The van der Waals surface area contributed by atoms with Gasteiger partial charge in [-0.05, 0) is 19.1 Å². The number of aliphatic hydroxyl groups excluding tert-OH is 1. The second-order valence-corrected chi connectivity index (χ2v) is 3.69. The number of aliphatic hydroxyl groups is 1. The Morgan fingerprint density at radius 3 is 2.87 bits per heavy atom. The van der Waals surface area contributed by atoms with E-state index < -0.39 is 6.10 Å². The van der Waals surface area contributed by atoms with Gasteiger partial charge >= 0.3 is 0 Å². The van der Waals surface area contributed by atoms with Gasteiger partial charge in [0.25, 0.3) is 0 Å². The van der Waals surface area contributed by atoms with Crippen LogP contribution in [0, 0.1) is 0 Å². The zero-order valence-electron chi connectivity index (χ0n) is 8.96. The van der Waals surface area contributed by atoms with Crippen LogP contribution in [-0.4, -0.2) is 19.2 Å². The van der Waals surface area contributed by atoms with E-state index in [0.717, 1.165) is 11.5 Å². The van der Waals surface area contributed by atoms with Gasteiger partial charge in [-0.15, -0.1) is 0 Å². The maximum absolute atomic E-state index is 9.54. The zero-order valence-corrected chi connectivity index (χ0v) is 8.96. The maximum atomic E-state index is 9.54. The Hall–Kier alpha value is -1.55. The van der Waals surface area contributed by atoms with Crippen molar-refractivity contribution >= 4 is 0 Å². The molecule has 0 saturated heterocycles. The SMILES string of the molecule is CC(O)c1cccn1Cc1nccn1C. The Labute approximate surface area is 88.8 Å². The molecule has 1 atom stereocenters. The van der Waals surface area contributed by atoms with Crippen LogP contribution in [-0.2, 0) is 13.6 Å². The third-order valence-corrected chi connectivity index (χ3v) is 2.53. The lowest BCUT2D eigenvalue weighted by Crippen LogP contribution is -2.09. The number of imidazole rings is 1. The van der Waals surface area contributed by atoms with Crippen molar-refractivity contribution in [2.45, 2.75) is 19.6 Å². The van der Waals surface area contributed by atoms with Crippen molar-refractivity contribution in [3.05, 3.63) is 42.2 Å². The molecule has 2 aromatic rings. The molecule has 0 bridgehead atoms. The lowest BCUT2D eigenvalue weighted by molar-refractivity contribution is 0.189. The van der Waals surface area contributed by atoms with Crippen molar-refractivity contribution in [3.63, 3.8) is 0 Å². The first-order valence-electron chi connectivity index (χ1n) is 4.98. The highest BCUT2D eigenvalue weighted by molar-refractivity contribution is 5.11. The Balaban J connectivity index is 2.25. The molecule has 0 aromatic carbocycles. The van der Waals surface area contributed by atoms with E-state index in [1.165, 1.54) is 0 Å². The lowest BCUT2D eigenvalue weighted by atomic mass is 10.3. The summed E-state index contributed by atoms with van der Waals surface area (Å²) >= 11 is 0. The summed E-state index contributed by atoms with van der Waals surface area (Å²) in [4.78, 5) is 4.25. The molecule has 2 heterocycles. The molecular weight excluding hydrogens is 190 g/mol. The Morgan fingerprint density at radius 2 is 2.27 bits per heavy atom. The minimum absolute atomic E-state index is 0.444. The minimum atomic E-state index is -0.444. The zero-order chi connectivity index (χ0) is 10.8. The summed E-state index contributed by atoms with van der Waals surface area (Å²) in [7, 11) is 1.97. The third kappa shape index (κ3) is 1.94. The first kappa shape index (κ1) is 9.98. The van der Waals surface area contributed by atoms with Gasteiger partial charge in [-0.2, -0.15) is 0 Å². The summed E-state index contributed by atoms with van der Waals surface area (Å²) in [6, 6.07) is 3.86. The normalized spacial score (nSPS) is 13.0. The number of aryl methyl sites for hydroxylation is 1. The molecule has 0 aliphatic heterocycles. The fourth-order valence-corrected chi connectivity index (χ4v) is 1.65. The molecule has 4 heteroatoms. The maximum Gasteiger partial charge on any atom is 0.128 e. The van der Waals surface area contributed by atoms with E-state index in [-0.39, 0.29) is 0 Å².